The smallest absolute Gasteiger partial charge is 0.456 e. The number of aliphatic hydroxyl groups is 1. The average Bonchev–Trinajstić information content (AvgIpc) is 3.24. The minimum absolute atomic E-state index is 0.0494. The van der Waals surface area contributed by atoms with Gasteiger partial charge in [-0.2, -0.15) is 4.39 Å². The largest absolute Gasteiger partial charge is 0.697 e. The van der Waals surface area contributed by atoms with Crippen molar-refractivity contribution in [3.63, 3.8) is 0 Å². The maximum absolute atomic E-state index is 13.6. The highest BCUT2D eigenvalue weighted by atomic mass is 31.1. The molecule has 0 amide bonds. The molecule has 0 spiro atoms. The molecule has 0 aliphatic carbocycles. The Balaban J connectivity index is 1.50. The summed E-state index contributed by atoms with van der Waals surface area (Å²) in [6, 6.07) is 4.53. The molecule has 0 bridgehead atoms. The molecule has 204 valence electrons. The normalized spacial score (nSPS) is 20.9. The van der Waals surface area contributed by atoms with E-state index < -0.39 is 61.9 Å². The van der Waals surface area contributed by atoms with Crippen molar-refractivity contribution < 1.29 is 37.4 Å². The van der Waals surface area contributed by atoms with E-state index in [0.29, 0.717) is 12.6 Å². The van der Waals surface area contributed by atoms with Crippen molar-refractivity contribution in [2.75, 3.05) is 6.61 Å². The van der Waals surface area contributed by atoms with Crippen LogP contribution in [-0.4, -0.2) is 51.6 Å². The van der Waals surface area contributed by atoms with Gasteiger partial charge in [0.05, 0.1) is 12.3 Å². The second-order valence-corrected chi connectivity index (χ2v) is 9.84. The van der Waals surface area contributed by atoms with Crippen LogP contribution in [0.2, 0.25) is 0 Å². The zero-order valence-electron chi connectivity index (χ0n) is 20.9. The molecule has 6 unspecified atom stereocenters. The third-order valence-corrected chi connectivity index (χ3v) is 6.58. The molecule has 3 rings (SSSR count). The van der Waals surface area contributed by atoms with E-state index >= 15 is 0 Å². The number of diazo groups is 1. The van der Waals surface area contributed by atoms with Gasteiger partial charge in [-0.05, 0) is 30.5 Å². The fourth-order valence-corrected chi connectivity index (χ4v) is 4.32. The topological polar surface area (TPSA) is 174 Å². The van der Waals surface area contributed by atoms with Gasteiger partial charge in [0, 0.05) is 24.3 Å². The van der Waals surface area contributed by atoms with Crippen LogP contribution in [0.3, 0.4) is 0 Å². The van der Waals surface area contributed by atoms with E-state index in [1.807, 2.05) is 30.1 Å². The van der Waals surface area contributed by atoms with Gasteiger partial charge in [0.2, 0.25) is 11.2 Å². The van der Waals surface area contributed by atoms with Crippen LogP contribution in [0, 0.1) is 18.1 Å². The fraction of sp³-hybridized carbons (Fsp3) is 0.522. The molecule has 38 heavy (non-hydrogen) atoms. The summed E-state index contributed by atoms with van der Waals surface area (Å²) < 4.78 is 47.9. The molecule has 13 nitrogen and oxygen atoms in total. The number of hydrogen-bond donors (Lipinski definition) is 2. The van der Waals surface area contributed by atoms with Crippen LogP contribution in [-0.2, 0) is 40.9 Å². The number of benzene rings is 1. The molecule has 1 aliphatic heterocycles. The molecule has 2 heterocycles. The first-order valence-electron chi connectivity index (χ1n) is 11.7. The minimum atomic E-state index is -2.60. The number of nitrogens with one attached hydrogen (secondary N) is 1. The highest BCUT2D eigenvalue weighted by Gasteiger charge is 2.38. The molecule has 1 fully saturated rings. The van der Waals surface area contributed by atoms with Gasteiger partial charge in [-0.3, -0.25) is 14.3 Å². The highest BCUT2D eigenvalue weighted by molar-refractivity contribution is 7.33. The molecule has 6 atom stereocenters. The van der Waals surface area contributed by atoms with Gasteiger partial charge < -0.3 is 14.6 Å². The van der Waals surface area contributed by atoms with E-state index in [9.17, 15) is 28.4 Å². The number of carbonyl (C=O) groups excluding carboxylic acids is 1. The van der Waals surface area contributed by atoms with Crippen molar-refractivity contribution >= 4 is 14.2 Å². The molecule has 2 aromatic rings. The lowest BCUT2D eigenvalue weighted by molar-refractivity contribution is -0.148. The van der Waals surface area contributed by atoms with E-state index in [0.717, 1.165) is 21.3 Å². The summed E-state index contributed by atoms with van der Waals surface area (Å²) in [7, 11) is -2.60. The van der Waals surface area contributed by atoms with Crippen molar-refractivity contribution in [1.29, 1.82) is 5.39 Å². The number of esters is 1. The quantitative estimate of drug-likeness (QED) is 0.238. The average molecular weight is 554 g/mol. The SMILES string of the molecule is Cc1ccc(CC(C)OC(=O)C(C)[N+]#N)cc1CO[P+](=O)OCC1OC(n2cc(F)c(=O)[nH]c2=O)CC1O. The monoisotopic (exact) mass is 554 g/mol. The molecule has 1 aliphatic rings. The summed E-state index contributed by atoms with van der Waals surface area (Å²) in [5.74, 6) is -1.83. The van der Waals surface area contributed by atoms with E-state index in [2.05, 4.69) is 4.98 Å². The number of ether oxygens (including phenoxy) is 2. The number of carbonyl (C=O) groups is 1. The predicted molar refractivity (Wildman–Crippen MR) is 129 cm³/mol. The van der Waals surface area contributed by atoms with Gasteiger partial charge in [0.25, 0.3) is 5.56 Å². The summed E-state index contributed by atoms with van der Waals surface area (Å²) in [4.78, 5) is 39.6. The highest BCUT2D eigenvalue weighted by Crippen LogP contribution is 2.32. The number of aliphatic hydroxyl groups excluding tert-OH is 1. The first-order valence-corrected chi connectivity index (χ1v) is 12.8. The van der Waals surface area contributed by atoms with E-state index in [4.69, 9.17) is 23.9 Å². The third kappa shape index (κ3) is 7.59. The Kier molecular flexibility index (Phi) is 9.96. The molecule has 2 N–H and O–H groups in total. The maximum atomic E-state index is 13.6. The molecule has 15 heteroatoms. The number of nitrogens with zero attached hydrogens (tertiary/aromatic N) is 3. The van der Waals surface area contributed by atoms with Crippen LogP contribution in [0.5, 0.6) is 0 Å². The number of halogens is 1. The second kappa shape index (κ2) is 12.9. The number of H-pyrrole nitrogens is 1. The number of hydrogen-bond acceptors (Lipinski definition) is 10. The summed E-state index contributed by atoms with van der Waals surface area (Å²) in [5.41, 5.74) is 0.363. The van der Waals surface area contributed by atoms with Crippen molar-refractivity contribution in [3.8, 4) is 0 Å². The summed E-state index contributed by atoms with van der Waals surface area (Å²) in [5, 5.41) is 18.9. The van der Waals surface area contributed by atoms with E-state index in [-0.39, 0.29) is 19.6 Å². The number of rotatable bonds is 11. The Morgan fingerprint density at radius 3 is 2.82 bits per heavy atom. The van der Waals surface area contributed by atoms with Crippen LogP contribution < -0.4 is 11.2 Å². The summed E-state index contributed by atoms with van der Waals surface area (Å²) in [6.45, 7) is 4.58. The van der Waals surface area contributed by atoms with Crippen LogP contribution >= 0.6 is 8.25 Å². The van der Waals surface area contributed by atoms with Crippen molar-refractivity contribution in [2.45, 2.75) is 70.8 Å². The summed E-state index contributed by atoms with van der Waals surface area (Å²) >= 11 is 0. The van der Waals surface area contributed by atoms with Gasteiger partial charge in [-0.25, -0.2) is 9.59 Å². The number of aromatic amines is 1. The predicted octanol–water partition coefficient (Wildman–Crippen LogP) is 2.24. The van der Waals surface area contributed by atoms with Crippen molar-refractivity contribution in [3.05, 3.63) is 72.7 Å². The molecular formula is C23H28FN4O9P+2. The Morgan fingerprint density at radius 2 is 2.11 bits per heavy atom. The summed E-state index contributed by atoms with van der Waals surface area (Å²) in [6.07, 6.45) is -2.60. The molecular weight excluding hydrogens is 526 g/mol. The molecule has 1 aromatic heterocycles. The van der Waals surface area contributed by atoms with Gasteiger partial charge >= 0.3 is 26.0 Å². The third-order valence-electron chi connectivity index (χ3n) is 5.88. The van der Waals surface area contributed by atoms with Gasteiger partial charge in [-0.15, -0.1) is 9.05 Å². The Hall–Kier alpha value is -3.34. The van der Waals surface area contributed by atoms with E-state index in [1.54, 1.807) is 6.92 Å². The van der Waals surface area contributed by atoms with E-state index in [1.165, 1.54) is 6.92 Å². The lowest BCUT2D eigenvalue weighted by Crippen LogP contribution is -2.34. The van der Waals surface area contributed by atoms with Crippen LogP contribution in [0.15, 0.2) is 34.0 Å². The molecule has 0 saturated carbocycles. The van der Waals surface area contributed by atoms with Gasteiger partial charge in [0.15, 0.2) is 0 Å². The van der Waals surface area contributed by atoms with Crippen molar-refractivity contribution in [1.82, 2.24) is 9.55 Å². The fourth-order valence-electron chi connectivity index (χ4n) is 3.73. The lowest BCUT2D eigenvalue weighted by atomic mass is 10.0. The van der Waals surface area contributed by atoms with Crippen LogP contribution in [0.25, 0.3) is 4.98 Å². The zero-order valence-corrected chi connectivity index (χ0v) is 21.8. The zero-order chi connectivity index (χ0) is 28.0. The Morgan fingerprint density at radius 1 is 1.37 bits per heavy atom. The Bertz CT molecular complexity index is 1340. The lowest BCUT2D eigenvalue weighted by Gasteiger charge is -2.14. The Labute approximate surface area is 217 Å². The number of aryl methyl sites for hydroxylation is 1. The standard InChI is InChI=1S/C23H27FN4O9P/c1-12-4-5-15(6-13(2)36-22(31)14(3)27-25)7-16(12)10-34-38(33)35-11-19-18(29)8-20(37-19)28-9-17(24)21(30)26-23(28)32/h4-5,7,9,13-14,18-20,29H,6,8,10-11H2,1-3H3/q+1/p+1. The first-order chi connectivity index (χ1) is 18.0. The minimum Gasteiger partial charge on any atom is -0.456 e. The molecule has 1 saturated heterocycles. The van der Waals surface area contributed by atoms with Gasteiger partial charge in [0.1, 0.15) is 36.6 Å². The molecule has 1 aromatic carbocycles. The second-order valence-electron chi connectivity index (χ2n) is 8.87. The molecule has 0 radical (unpaired) electrons. The number of aromatic nitrogens is 2. The maximum Gasteiger partial charge on any atom is 0.697 e. The first kappa shape index (κ1) is 29.2. The van der Waals surface area contributed by atoms with Crippen LogP contribution in [0.1, 0.15) is 43.2 Å². The van der Waals surface area contributed by atoms with Gasteiger partial charge in [-0.1, -0.05) is 18.2 Å². The van der Waals surface area contributed by atoms with Crippen LogP contribution in [0.4, 0.5) is 4.39 Å². The van der Waals surface area contributed by atoms with Crippen molar-refractivity contribution in [2.24, 2.45) is 0 Å².